The maximum absolute atomic E-state index is 10.4. The van der Waals surface area contributed by atoms with E-state index in [4.69, 9.17) is 0 Å². The molecule has 2 aromatic rings. The van der Waals surface area contributed by atoms with Gasteiger partial charge in [-0.1, -0.05) is 12.1 Å². The lowest BCUT2D eigenvalue weighted by atomic mass is 10.1. The zero-order valence-electron chi connectivity index (χ0n) is 7.53. The molecule has 0 radical (unpaired) electrons. The first kappa shape index (κ1) is 8.05. The van der Waals surface area contributed by atoms with Gasteiger partial charge in [-0.05, 0) is 17.7 Å². The van der Waals surface area contributed by atoms with Crippen LogP contribution in [0.15, 0.2) is 30.5 Å². The molecule has 1 aromatic heterocycles. The van der Waals surface area contributed by atoms with Crippen molar-refractivity contribution in [2.45, 2.75) is 6.42 Å². The van der Waals surface area contributed by atoms with Crippen LogP contribution in [0, 0.1) is 0 Å². The molecule has 0 aliphatic carbocycles. The van der Waals surface area contributed by atoms with Crippen LogP contribution in [0.1, 0.15) is 5.56 Å². The second kappa shape index (κ2) is 3.05. The number of hydrogen-bond acceptors (Lipinski definition) is 1. The third kappa shape index (κ3) is 1.24. The summed E-state index contributed by atoms with van der Waals surface area (Å²) in [5, 5.41) is 1.18. The predicted octanol–water partition coefficient (Wildman–Crippen LogP) is 1.92. The lowest BCUT2D eigenvalue weighted by Gasteiger charge is -1.99. The number of carbonyl (C=O) groups excluding carboxylic acids is 1. The SMILES string of the molecule is Cn1ccc2c(CC=O)cccc21. The number of carbonyl (C=O) groups is 1. The Morgan fingerprint density at radius 2 is 2.23 bits per heavy atom. The molecule has 1 aromatic carbocycles. The normalized spacial score (nSPS) is 10.5. The fourth-order valence-electron chi connectivity index (χ4n) is 1.63. The molecule has 0 N–H and O–H groups in total. The van der Waals surface area contributed by atoms with E-state index in [0.29, 0.717) is 6.42 Å². The first-order chi connectivity index (χ1) is 6.33. The van der Waals surface area contributed by atoms with Gasteiger partial charge in [-0.3, -0.25) is 0 Å². The van der Waals surface area contributed by atoms with Crippen molar-refractivity contribution in [3.63, 3.8) is 0 Å². The molecule has 2 heteroatoms. The van der Waals surface area contributed by atoms with E-state index in [1.165, 1.54) is 10.9 Å². The lowest BCUT2D eigenvalue weighted by molar-refractivity contribution is -0.107. The van der Waals surface area contributed by atoms with Crippen LogP contribution < -0.4 is 0 Å². The van der Waals surface area contributed by atoms with Crippen molar-refractivity contribution in [2.75, 3.05) is 0 Å². The number of fused-ring (bicyclic) bond motifs is 1. The third-order valence-corrected chi connectivity index (χ3v) is 2.32. The van der Waals surface area contributed by atoms with Gasteiger partial charge in [0, 0.05) is 30.6 Å². The van der Waals surface area contributed by atoms with Crippen molar-refractivity contribution in [3.05, 3.63) is 36.0 Å². The standard InChI is InChI=1S/C11H11NO/c1-12-7-5-10-9(6-8-13)3-2-4-11(10)12/h2-5,7-8H,6H2,1H3. The highest BCUT2D eigenvalue weighted by Gasteiger charge is 2.01. The minimum atomic E-state index is 0.501. The monoisotopic (exact) mass is 173 g/mol. The summed E-state index contributed by atoms with van der Waals surface area (Å²) in [4.78, 5) is 10.4. The van der Waals surface area contributed by atoms with E-state index in [1.807, 2.05) is 31.4 Å². The average Bonchev–Trinajstić information content (AvgIpc) is 2.50. The van der Waals surface area contributed by atoms with Gasteiger partial charge in [0.15, 0.2) is 0 Å². The summed E-state index contributed by atoms with van der Waals surface area (Å²) in [7, 11) is 2.01. The average molecular weight is 173 g/mol. The maximum Gasteiger partial charge on any atom is 0.124 e. The smallest absolute Gasteiger partial charge is 0.124 e. The maximum atomic E-state index is 10.4. The molecule has 0 aliphatic rings. The Morgan fingerprint density at radius 1 is 1.38 bits per heavy atom. The third-order valence-electron chi connectivity index (χ3n) is 2.32. The number of hydrogen-bond donors (Lipinski definition) is 0. The van der Waals surface area contributed by atoms with Crippen LogP contribution >= 0.6 is 0 Å². The molecule has 2 nitrogen and oxygen atoms in total. The van der Waals surface area contributed by atoms with Crippen molar-refractivity contribution in [3.8, 4) is 0 Å². The van der Waals surface area contributed by atoms with Crippen molar-refractivity contribution >= 4 is 17.2 Å². The Kier molecular flexibility index (Phi) is 1.89. The molecule has 2 rings (SSSR count). The second-order valence-corrected chi connectivity index (χ2v) is 3.15. The molecule has 0 saturated heterocycles. The lowest BCUT2D eigenvalue weighted by Crippen LogP contribution is -1.88. The predicted molar refractivity (Wildman–Crippen MR) is 52.7 cm³/mol. The fourth-order valence-corrected chi connectivity index (χ4v) is 1.63. The molecule has 0 spiro atoms. The molecular weight excluding hydrogens is 162 g/mol. The molecule has 66 valence electrons. The van der Waals surface area contributed by atoms with E-state index in [9.17, 15) is 4.79 Å². The summed E-state index contributed by atoms with van der Waals surface area (Å²) in [5.74, 6) is 0. The van der Waals surface area contributed by atoms with E-state index < -0.39 is 0 Å². The summed E-state index contributed by atoms with van der Waals surface area (Å²) in [6.07, 6.45) is 3.46. The highest BCUT2D eigenvalue weighted by Crippen LogP contribution is 2.19. The van der Waals surface area contributed by atoms with E-state index in [0.717, 1.165) is 11.8 Å². The van der Waals surface area contributed by atoms with Crippen molar-refractivity contribution in [2.24, 2.45) is 7.05 Å². The van der Waals surface area contributed by atoms with Crippen molar-refractivity contribution in [1.82, 2.24) is 4.57 Å². The summed E-state index contributed by atoms with van der Waals surface area (Å²) < 4.78 is 2.06. The van der Waals surface area contributed by atoms with Crippen LogP contribution in [0.5, 0.6) is 0 Å². The van der Waals surface area contributed by atoms with E-state index in [1.54, 1.807) is 0 Å². The number of nitrogens with zero attached hydrogens (tertiary/aromatic N) is 1. The molecule has 1 heterocycles. The van der Waals surface area contributed by atoms with Gasteiger partial charge < -0.3 is 9.36 Å². The Bertz CT molecular complexity index is 442. The Balaban J connectivity index is 2.69. The Morgan fingerprint density at radius 3 is 3.00 bits per heavy atom. The first-order valence-electron chi connectivity index (χ1n) is 4.29. The number of aldehydes is 1. The van der Waals surface area contributed by atoms with Crippen LogP contribution in [0.2, 0.25) is 0 Å². The second-order valence-electron chi connectivity index (χ2n) is 3.15. The number of rotatable bonds is 2. The molecule has 0 amide bonds. The highest BCUT2D eigenvalue weighted by atomic mass is 16.1. The van der Waals surface area contributed by atoms with Gasteiger partial charge in [-0.15, -0.1) is 0 Å². The molecule has 0 fully saturated rings. The van der Waals surface area contributed by atoms with Crippen LogP contribution in [0.4, 0.5) is 0 Å². The fraction of sp³-hybridized carbons (Fsp3) is 0.182. The molecular formula is C11H11NO. The minimum absolute atomic E-state index is 0.501. The molecule has 0 aliphatic heterocycles. The zero-order valence-corrected chi connectivity index (χ0v) is 7.53. The summed E-state index contributed by atoms with van der Waals surface area (Å²) in [6, 6.07) is 8.09. The van der Waals surface area contributed by atoms with E-state index in [2.05, 4.69) is 10.6 Å². The highest BCUT2D eigenvalue weighted by molar-refractivity contribution is 5.85. The minimum Gasteiger partial charge on any atom is -0.351 e. The van der Waals surface area contributed by atoms with Gasteiger partial charge in [0.05, 0.1) is 0 Å². The molecule has 0 atom stereocenters. The summed E-state index contributed by atoms with van der Waals surface area (Å²) in [5.41, 5.74) is 2.28. The topological polar surface area (TPSA) is 22.0 Å². The van der Waals surface area contributed by atoms with Crippen LogP contribution in [-0.4, -0.2) is 10.9 Å². The summed E-state index contributed by atoms with van der Waals surface area (Å²) >= 11 is 0. The van der Waals surface area contributed by atoms with Gasteiger partial charge in [0.25, 0.3) is 0 Å². The Hall–Kier alpha value is -1.57. The molecule has 0 unspecified atom stereocenters. The Labute approximate surface area is 76.8 Å². The van der Waals surface area contributed by atoms with Gasteiger partial charge in [0.1, 0.15) is 6.29 Å². The van der Waals surface area contributed by atoms with Gasteiger partial charge >= 0.3 is 0 Å². The summed E-state index contributed by atoms with van der Waals surface area (Å²) in [6.45, 7) is 0. The van der Waals surface area contributed by atoms with Gasteiger partial charge in [-0.2, -0.15) is 0 Å². The van der Waals surface area contributed by atoms with E-state index in [-0.39, 0.29) is 0 Å². The number of aromatic nitrogens is 1. The zero-order chi connectivity index (χ0) is 9.26. The first-order valence-corrected chi connectivity index (χ1v) is 4.29. The molecule has 0 bridgehead atoms. The van der Waals surface area contributed by atoms with Crippen LogP contribution in [0.3, 0.4) is 0 Å². The molecule has 0 saturated carbocycles. The molecule has 13 heavy (non-hydrogen) atoms. The van der Waals surface area contributed by atoms with Crippen LogP contribution in [-0.2, 0) is 18.3 Å². The quantitative estimate of drug-likeness (QED) is 0.636. The van der Waals surface area contributed by atoms with Crippen molar-refractivity contribution < 1.29 is 4.79 Å². The largest absolute Gasteiger partial charge is 0.351 e. The number of benzene rings is 1. The van der Waals surface area contributed by atoms with Crippen molar-refractivity contribution in [1.29, 1.82) is 0 Å². The van der Waals surface area contributed by atoms with Gasteiger partial charge in [0.2, 0.25) is 0 Å². The van der Waals surface area contributed by atoms with E-state index >= 15 is 0 Å². The number of aryl methyl sites for hydroxylation is 1. The van der Waals surface area contributed by atoms with Gasteiger partial charge in [-0.25, -0.2) is 0 Å². The van der Waals surface area contributed by atoms with Crippen LogP contribution in [0.25, 0.3) is 10.9 Å².